The molecule has 2 amide bonds. The average Bonchev–Trinajstić information content (AvgIpc) is 3.35. The summed E-state index contributed by atoms with van der Waals surface area (Å²) in [7, 11) is 3.21. The molecule has 1 aliphatic heterocycles. The number of aromatic nitrogens is 2. The lowest BCUT2D eigenvalue weighted by molar-refractivity contribution is 0.229. The van der Waals surface area contributed by atoms with Gasteiger partial charge in [-0.2, -0.15) is 0 Å². The van der Waals surface area contributed by atoms with Gasteiger partial charge in [-0.05, 0) is 41.8 Å². The Hall–Kier alpha value is -4.31. The quantitative estimate of drug-likeness (QED) is 0.432. The fourth-order valence-corrected chi connectivity index (χ4v) is 4.11. The molecule has 4 aromatic rings. The van der Waals surface area contributed by atoms with Crippen molar-refractivity contribution in [1.82, 2.24) is 10.1 Å². The van der Waals surface area contributed by atoms with E-state index in [-0.39, 0.29) is 24.2 Å². The predicted octanol–water partition coefficient (Wildman–Crippen LogP) is 3.75. The number of hydrogen-bond donors (Lipinski definition) is 2. The topological polar surface area (TPSA) is 119 Å². The van der Waals surface area contributed by atoms with Crippen LogP contribution in [0.4, 0.5) is 16.3 Å². The minimum atomic E-state index is -0.360. The number of aliphatic hydroxyl groups excluding tert-OH is 1. The molecule has 10 heteroatoms. The van der Waals surface area contributed by atoms with Gasteiger partial charge in [0.05, 0.1) is 32.0 Å². The van der Waals surface area contributed by atoms with Crippen LogP contribution in [0.15, 0.2) is 53.2 Å². The molecule has 0 fully saturated rings. The van der Waals surface area contributed by atoms with E-state index in [4.69, 9.17) is 23.8 Å². The van der Waals surface area contributed by atoms with Crippen LogP contribution in [0, 0.1) is 0 Å². The van der Waals surface area contributed by atoms with Crippen LogP contribution in [0.2, 0.25) is 0 Å². The second-order valence-corrected chi connectivity index (χ2v) is 7.94. The lowest BCUT2D eigenvalue weighted by atomic mass is 10.00. The first-order valence-electron chi connectivity index (χ1n) is 11.0. The van der Waals surface area contributed by atoms with Gasteiger partial charge in [0.15, 0.2) is 23.1 Å². The van der Waals surface area contributed by atoms with Crippen LogP contribution in [0.25, 0.3) is 10.9 Å². The van der Waals surface area contributed by atoms with E-state index in [1.165, 1.54) is 6.07 Å². The number of anilines is 2. The fourth-order valence-electron chi connectivity index (χ4n) is 4.11. The predicted molar refractivity (Wildman–Crippen MR) is 128 cm³/mol. The second kappa shape index (κ2) is 9.51. The average molecular weight is 476 g/mol. The number of urea groups is 1. The molecule has 0 bridgehead atoms. The highest BCUT2D eigenvalue weighted by molar-refractivity contribution is 6.02. The maximum absolute atomic E-state index is 12.8. The van der Waals surface area contributed by atoms with Crippen LogP contribution >= 0.6 is 0 Å². The number of aliphatic hydroxyl groups is 1. The zero-order chi connectivity index (χ0) is 24.4. The molecule has 0 radical (unpaired) electrons. The number of fused-ring (bicyclic) bond motifs is 2. The zero-order valence-corrected chi connectivity index (χ0v) is 19.3. The first-order valence-corrected chi connectivity index (χ1v) is 11.0. The van der Waals surface area contributed by atoms with Crippen LogP contribution in [0.5, 0.6) is 17.2 Å². The van der Waals surface area contributed by atoms with Gasteiger partial charge in [-0.15, -0.1) is 0 Å². The number of rotatable bonds is 6. The summed E-state index contributed by atoms with van der Waals surface area (Å²) < 4.78 is 21.7. The summed E-state index contributed by atoms with van der Waals surface area (Å²) in [4.78, 5) is 18.9. The molecule has 1 aliphatic rings. The maximum atomic E-state index is 12.8. The molecule has 2 aromatic heterocycles. The summed E-state index contributed by atoms with van der Waals surface area (Å²) in [6.07, 6.45) is 2.41. The molecule has 0 spiro atoms. The Labute approximate surface area is 201 Å². The van der Waals surface area contributed by atoms with E-state index in [0.29, 0.717) is 42.5 Å². The van der Waals surface area contributed by atoms with Gasteiger partial charge < -0.3 is 23.8 Å². The van der Waals surface area contributed by atoms with Crippen molar-refractivity contribution >= 4 is 28.4 Å². The Bertz CT molecular complexity index is 1390. The third-order valence-corrected chi connectivity index (χ3v) is 5.81. The van der Waals surface area contributed by atoms with E-state index < -0.39 is 0 Å². The molecule has 0 atom stereocenters. The molecule has 2 aromatic carbocycles. The van der Waals surface area contributed by atoms with E-state index in [9.17, 15) is 4.79 Å². The van der Waals surface area contributed by atoms with Gasteiger partial charge in [0.25, 0.3) is 0 Å². The molecule has 3 heterocycles. The van der Waals surface area contributed by atoms with Gasteiger partial charge in [0.1, 0.15) is 19.0 Å². The minimum absolute atomic E-state index is 0.236. The molecule has 2 N–H and O–H groups in total. The van der Waals surface area contributed by atoms with Crippen LogP contribution in [-0.2, 0) is 13.0 Å². The van der Waals surface area contributed by atoms with Crippen molar-refractivity contribution in [2.75, 3.05) is 37.6 Å². The van der Waals surface area contributed by atoms with Crippen molar-refractivity contribution in [1.29, 1.82) is 0 Å². The minimum Gasteiger partial charge on any atom is -0.493 e. The zero-order valence-electron chi connectivity index (χ0n) is 19.3. The maximum Gasteiger partial charge on any atom is 0.327 e. The van der Waals surface area contributed by atoms with Gasteiger partial charge in [0.2, 0.25) is 0 Å². The number of hydrogen-bond acceptors (Lipinski definition) is 8. The van der Waals surface area contributed by atoms with Crippen LogP contribution in [0.1, 0.15) is 16.9 Å². The second-order valence-electron chi connectivity index (χ2n) is 7.94. The summed E-state index contributed by atoms with van der Waals surface area (Å²) >= 11 is 0. The molecule has 0 saturated heterocycles. The van der Waals surface area contributed by atoms with E-state index >= 15 is 0 Å². The smallest absolute Gasteiger partial charge is 0.327 e. The Kier molecular flexibility index (Phi) is 6.11. The molecule has 10 nitrogen and oxygen atoms in total. The van der Waals surface area contributed by atoms with Crippen LogP contribution in [0.3, 0.4) is 0 Å². The molecule has 0 unspecified atom stereocenters. The number of carbonyl (C=O) groups excluding carboxylic acids is 1. The molecule has 35 heavy (non-hydrogen) atoms. The Morgan fingerprint density at radius 1 is 1.14 bits per heavy atom. The van der Waals surface area contributed by atoms with Crippen molar-refractivity contribution in [3.05, 3.63) is 65.5 Å². The monoisotopic (exact) mass is 476 g/mol. The normalized spacial score (nSPS) is 12.7. The number of nitrogens with one attached hydrogen (secondary N) is 1. The molecule has 180 valence electrons. The number of methoxy groups -OCH3 is 2. The molecular formula is C25H24N4O6. The van der Waals surface area contributed by atoms with Crippen molar-refractivity contribution in [2.24, 2.45) is 0 Å². The summed E-state index contributed by atoms with van der Waals surface area (Å²) in [5, 5.41) is 16.5. The van der Waals surface area contributed by atoms with Gasteiger partial charge in [0, 0.05) is 23.7 Å². The Morgan fingerprint density at radius 3 is 2.74 bits per heavy atom. The lowest BCUT2D eigenvalue weighted by Crippen LogP contribution is -2.40. The summed E-state index contributed by atoms with van der Waals surface area (Å²) in [6.45, 7) is 0.457. The lowest BCUT2D eigenvalue weighted by Gasteiger charge is -2.29. The van der Waals surface area contributed by atoms with Crippen LogP contribution < -0.4 is 24.4 Å². The SMILES string of the molecule is COc1cc2nccc(Cc3ccc4c(c3)OCCN4C(=O)Nc3cc(CO)on3)c2cc1OC. The van der Waals surface area contributed by atoms with Crippen molar-refractivity contribution < 1.29 is 28.6 Å². The van der Waals surface area contributed by atoms with Crippen LogP contribution in [-0.4, -0.2) is 48.6 Å². The Balaban J connectivity index is 1.40. The van der Waals surface area contributed by atoms with Crippen molar-refractivity contribution in [3.8, 4) is 17.2 Å². The number of benzene rings is 2. The Morgan fingerprint density at radius 2 is 1.97 bits per heavy atom. The first kappa shape index (κ1) is 22.5. The van der Waals surface area contributed by atoms with E-state index in [1.54, 1.807) is 25.3 Å². The highest BCUT2D eigenvalue weighted by Crippen LogP contribution is 2.36. The van der Waals surface area contributed by atoms with E-state index in [2.05, 4.69) is 15.5 Å². The number of nitrogens with zero attached hydrogens (tertiary/aromatic N) is 3. The van der Waals surface area contributed by atoms with Gasteiger partial charge >= 0.3 is 6.03 Å². The van der Waals surface area contributed by atoms with Gasteiger partial charge in [-0.25, -0.2) is 4.79 Å². The third kappa shape index (κ3) is 4.43. The van der Waals surface area contributed by atoms with Crippen molar-refractivity contribution in [3.63, 3.8) is 0 Å². The summed E-state index contributed by atoms with van der Waals surface area (Å²) in [5.41, 5.74) is 3.58. The summed E-state index contributed by atoms with van der Waals surface area (Å²) in [6, 6.07) is 12.7. The first-order chi connectivity index (χ1) is 17.1. The highest BCUT2D eigenvalue weighted by atomic mass is 16.5. The fraction of sp³-hybridized carbons (Fsp3) is 0.240. The molecule has 5 rings (SSSR count). The molecule has 0 saturated carbocycles. The molecule has 0 aliphatic carbocycles. The molecular weight excluding hydrogens is 452 g/mol. The van der Waals surface area contributed by atoms with Crippen molar-refractivity contribution in [2.45, 2.75) is 13.0 Å². The third-order valence-electron chi connectivity index (χ3n) is 5.81. The number of pyridine rings is 1. The van der Waals surface area contributed by atoms with Gasteiger partial charge in [-0.1, -0.05) is 11.2 Å². The number of amides is 2. The summed E-state index contributed by atoms with van der Waals surface area (Å²) in [5.74, 6) is 2.40. The number of carbonyl (C=O) groups is 1. The van der Waals surface area contributed by atoms with E-state index in [1.807, 2.05) is 36.4 Å². The number of ether oxygens (including phenoxy) is 3. The highest BCUT2D eigenvalue weighted by Gasteiger charge is 2.25. The van der Waals surface area contributed by atoms with Gasteiger partial charge in [-0.3, -0.25) is 15.2 Å². The standard InChI is InChI=1S/C25H24N4O6/c1-32-22-12-18-16(5-6-26-19(18)13-23(22)33-2)9-15-3-4-20-21(10-15)34-8-7-29(20)25(31)27-24-11-17(14-30)35-28-24/h3-6,10-13,30H,7-9,14H2,1-2H3,(H,27,28,31). The van der Waals surface area contributed by atoms with E-state index in [0.717, 1.165) is 22.0 Å². The largest absolute Gasteiger partial charge is 0.493 e.